The topological polar surface area (TPSA) is 69.4 Å². The van der Waals surface area contributed by atoms with Crippen LogP contribution in [0.15, 0.2) is 0 Å². The van der Waals surface area contributed by atoms with E-state index in [0.29, 0.717) is 12.8 Å². The van der Waals surface area contributed by atoms with Crippen LogP contribution in [0.2, 0.25) is 0 Å². The Morgan fingerprint density at radius 3 is 2.80 bits per heavy atom. The molecule has 0 aromatic heterocycles. The van der Waals surface area contributed by atoms with E-state index >= 15 is 0 Å². The van der Waals surface area contributed by atoms with Gasteiger partial charge in [-0.2, -0.15) is 0 Å². The van der Waals surface area contributed by atoms with E-state index in [1.165, 1.54) is 0 Å². The lowest BCUT2D eigenvalue weighted by Crippen LogP contribution is -2.20. The van der Waals surface area contributed by atoms with Crippen LogP contribution in [-0.2, 0) is 9.53 Å². The Morgan fingerprint density at radius 1 is 1.80 bits per heavy atom. The molecule has 0 saturated heterocycles. The molecule has 10 heavy (non-hydrogen) atoms. The van der Waals surface area contributed by atoms with E-state index in [9.17, 15) is 9.59 Å². The molecule has 4 nitrogen and oxygen atoms in total. The molecule has 0 saturated carbocycles. The lowest BCUT2D eigenvalue weighted by molar-refractivity contribution is -0.108. The average Bonchev–Trinajstić information content (AvgIpc) is 1.82. The standard InChI is InChI=1S/C6H11NO3/c1-5(3-2-4-8)10-6(7)9/h4-5H,2-3H2,1H3,(H2,7,9). The first kappa shape index (κ1) is 8.94. The van der Waals surface area contributed by atoms with Gasteiger partial charge in [0.2, 0.25) is 0 Å². The van der Waals surface area contributed by atoms with E-state index in [1.807, 2.05) is 0 Å². The third-order valence-electron chi connectivity index (χ3n) is 1.01. The van der Waals surface area contributed by atoms with E-state index in [2.05, 4.69) is 4.74 Å². The zero-order valence-electron chi connectivity index (χ0n) is 5.87. The van der Waals surface area contributed by atoms with Crippen molar-refractivity contribution in [3.63, 3.8) is 0 Å². The molecule has 0 spiro atoms. The minimum atomic E-state index is -0.793. The summed E-state index contributed by atoms with van der Waals surface area (Å²) in [6.07, 6.45) is 0.656. The first-order chi connectivity index (χ1) is 4.66. The average molecular weight is 145 g/mol. The molecule has 0 aromatic carbocycles. The molecule has 0 aliphatic rings. The molecule has 0 aromatic rings. The van der Waals surface area contributed by atoms with Crippen molar-refractivity contribution >= 4 is 12.4 Å². The fourth-order valence-electron chi connectivity index (χ4n) is 0.560. The van der Waals surface area contributed by atoms with Crippen LogP contribution in [0.4, 0.5) is 4.79 Å². The first-order valence-electron chi connectivity index (χ1n) is 3.06. The smallest absolute Gasteiger partial charge is 0.404 e. The van der Waals surface area contributed by atoms with Crippen LogP contribution in [0.3, 0.4) is 0 Å². The maximum absolute atomic E-state index is 10.1. The number of ether oxygens (including phenoxy) is 1. The fraction of sp³-hybridized carbons (Fsp3) is 0.667. The Bertz CT molecular complexity index is 124. The SMILES string of the molecule is CC(CCC=O)OC(N)=O. The minimum absolute atomic E-state index is 0.261. The van der Waals surface area contributed by atoms with Gasteiger partial charge in [-0.05, 0) is 13.3 Å². The number of hydrogen-bond donors (Lipinski definition) is 1. The summed E-state index contributed by atoms with van der Waals surface area (Å²) < 4.78 is 4.53. The molecule has 0 aliphatic carbocycles. The molecule has 0 bridgehead atoms. The zero-order chi connectivity index (χ0) is 7.98. The molecule has 0 heterocycles. The van der Waals surface area contributed by atoms with E-state index in [4.69, 9.17) is 5.73 Å². The Morgan fingerprint density at radius 2 is 2.40 bits per heavy atom. The number of hydrogen-bond acceptors (Lipinski definition) is 3. The molecular weight excluding hydrogens is 134 g/mol. The molecule has 0 aliphatic heterocycles. The van der Waals surface area contributed by atoms with E-state index in [1.54, 1.807) is 6.92 Å². The van der Waals surface area contributed by atoms with Gasteiger partial charge in [0.05, 0.1) is 0 Å². The molecule has 0 radical (unpaired) electrons. The fourth-order valence-corrected chi connectivity index (χ4v) is 0.560. The molecule has 1 unspecified atom stereocenters. The van der Waals surface area contributed by atoms with Crippen LogP contribution in [-0.4, -0.2) is 18.5 Å². The highest BCUT2D eigenvalue weighted by Gasteiger charge is 2.03. The van der Waals surface area contributed by atoms with Crippen LogP contribution in [0, 0.1) is 0 Å². The van der Waals surface area contributed by atoms with Crippen molar-refractivity contribution in [2.75, 3.05) is 0 Å². The third kappa shape index (κ3) is 5.08. The van der Waals surface area contributed by atoms with Crippen LogP contribution in [0.5, 0.6) is 0 Å². The zero-order valence-corrected chi connectivity index (χ0v) is 5.87. The van der Waals surface area contributed by atoms with Gasteiger partial charge >= 0.3 is 6.09 Å². The summed E-state index contributed by atoms with van der Waals surface area (Å²) in [6, 6.07) is 0. The Hall–Kier alpha value is -1.06. The number of nitrogens with two attached hydrogens (primary N) is 1. The number of carbonyl (C=O) groups is 2. The van der Waals surface area contributed by atoms with Crippen molar-refractivity contribution in [1.29, 1.82) is 0 Å². The third-order valence-corrected chi connectivity index (χ3v) is 1.01. The molecule has 0 fully saturated rings. The summed E-state index contributed by atoms with van der Waals surface area (Å²) >= 11 is 0. The van der Waals surface area contributed by atoms with Crippen LogP contribution >= 0.6 is 0 Å². The van der Waals surface area contributed by atoms with Gasteiger partial charge in [-0.25, -0.2) is 4.79 Å². The van der Waals surface area contributed by atoms with Gasteiger partial charge in [-0.15, -0.1) is 0 Å². The maximum Gasteiger partial charge on any atom is 0.404 e. The van der Waals surface area contributed by atoms with Crippen molar-refractivity contribution < 1.29 is 14.3 Å². The van der Waals surface area contributed by atoms with Gasteiger partial charge < -0.3 is 15.3 Å². The normalized spacial score (nSPS) is 12.1. The lowest BCUT2D eigenvalue weighted by Gasteiger charge is -2.07. The van der Waals surface area contributed by atoms with Crippen molar-refractivity contribution in [3.8, 4) is 0 Å². The Kier molecular flexibility index (Phi) is 4.28. The molecule has 4 heteroatoms. The molecule has 0 rings (SSSR count). The quantitative estimate of drug-likeness (QED) is 0.584. The minimum Gasteiger partial charge on any atom is -0.447 e. The largest absolute Gasteiger partial charge is 0.447 e. The number of aldehydes is 1. The number of rotatable bonds is 4. The molecule has 1 atom stereocenters. The summed E-state index contributed by atoms with van der Waals surface area (Å²) in [6.45, 7) is 1.69. The number of primary amides is 1. The summed E-state index contributed by atoms with van der Waals surface area (Å²) in [7, 11) is 0. The van der Waals surface area contributed by atoms with Gasteiger partial charge in [0.1, 0.15) is 12.4 Å². The van der Waals surface area contributed by atoms with Gasteiger partial charge in [0, 0.05) is 6.42 Å². The summed E-state index contributed by atoms with van der Waals surface area (Å²) in [5.74, 6) is 0. The predicted molar refractivity (Wildman–Crippen MR) is 35.4 cm³/mol. The Labute approximate surface area is 59.3 Å². The second-order valence-electron chi connectivity index (χ2n) is 1.99. The highest BCUT2D eigenvalue weighted by molar-refractivity contribution is 5.64. The van der Waals surface area contributed by atoms with Crippen molar-refractivity contribution in [1.82, 2.24) is 0 Å². The van der Waals surface area contributed by atoms with E-state index in [-0.39, 0.29) is 6.10 Å². The molecule has 2 N–H and O–H groups in total. The van der Waals surface area contributed by atoms with Crippen LogP contribution < -0.4 is 5.73 Å². The number of amides is 1. The van der Waals surface area contributed by atoms with E-state index < -0.39 is 6.09 Å². The van der Waals surface area contributed by atoms with Crippen molar-refractivity contribution in [2.45, 2.75) is 25.9 Å². The number of carbonyl (C=O) groups excluding carboxylic acids is 2. The lowest BCUT2D eigenvalue weighted by atomic mass is 10.2. The molecule has 58 valence electrons. The van der Waals surface area contributed by atoms with Crippen LogP contribution in [0.1, 0.15) is 19.8 Å². The van der Waals surface area contributed by atoms with Crippen molar-refractivity contribution in [2.24, 2.45) is 5.73 Å². The first-order valence-corrected chi connectivity index (χ1v) is 3.06. The Balaban J connectivity index is 3.33. The van der Waals surface area contributed by atoms with Crippen LogP contribution in [0.25, 0.3) is 0 Å². The van der Waals surface area contributed by atoms with E-state index in [0.717, 1.165) is 6.29 Å². The summed E-state index contributed by atoms with van der Waals surface area (Å²) in [5.41, 5.74) is 4.72. The monoisotopic (exact) mass is 145 g/mol. The predicted octanol–water partition coefficient (Wildman–Crippen LogP) is 0.449. The van der Waals surface area contributed by atoms with Gasteiger partial charge in [-0.3, -0.25) is 0 Å². The summed E-state index contributed by atoms with van der Waals surface area (Å²) in [4.78, 5) is 19.9. The highest BCUT2D eigenvalue weighted by Crippen LogP contribution is 1.98. The molecular formula is C6H11NO3. The van der Waals surface area contributed by atoms with Crippen molar-refractivity contribution in [3.05, 3.63) is 0 Å². The second kappa shape index (κ2) is 4.78. The maximum atomic E-state index is 10.1. The molecule has 1 amide bonds. The van der Waals surface area contributed by atoms with Gasteiger partial charge in [0.25, 0.3) is 0 Å². The second-order valence-corrected chi connectivity index (χ2v) is 1.99. The highest BCUT2D eigenvalue weighted by atomic mass is 16.6. The summed E-state index contributed by atoms with van der Waals surface area (Å²) in [5, 5.41) is 0. The van der Waals surface area contributed by atoms with Gasteiger partial charge in [0.15, 0.2) is 0 Å². The van der Waals surface area contributed by atoms with Gasteiger partial charge in [-0.1, -0.05) is 0 Å².